The Balaban J connectivity index is 2.22. The van der Waals surface area contributed by atoms with Gasteiger partial charge in [-0.3, -0.25) is 9.48 Å². The number of carbonyl (C=O) groups is 1. The maximum Gasteiger partial charge on any atom is 0.274 e. The summed E-state index contributed by atoms with van der Waals surface area (Å²) in [4.78, 5) is 14.1. The molecule has 0 saturated carbocycles. The molecule has 0 aliphatic rings. The molecule has 0 fully saturated rings. The molecule has 1 amide bonds. The normalized spacial score (nSPS) is 10.5. The molecule has 0 unspecified atom stereocenters. The second kappa shape index (κ2) is 6.73. The molecule has 0 aliphatic carbocycles. The molecule has 6 nitrogen and oxygen atoms in total. The van der Waals surface area contributed by atoms with Crippen LogP contribution in [0.3, 0.4) is 0 Å². The fourth-order valence-electron chi connectivity index (χ4n) is 2.38. The Bertz CT molecular complexity index is 703. The number of methoxy groups -OCH3 is 2. The third-order valence-electron chi connectivity index (χ3n) is 3.93. The quantitative estimate of drug-likeness (QED) is 0.849. The van der Waals surface area contributed by atoms with Gasteiger partial charge >= 0.3 is 0 Å². The van der Waals surface area contributed by atoms with Crippen LogP contribution in [0.15, 0.2) is 18.2 Å². The molecule has 0 bridgehead atoms. The molecular weight excluding hydrogens is 294 g/mol. The van der Waals surface area contributed by atoms with Gasteiger partial charge in [0.2, 0.25) is 0 Å². The molecule has 2 aromatic rings. The number of rotatable bonds is 5. The molecule has 1 aromatic heterocycles. The zero-order valence-corrected chi connectivity index (χ0v) is 14.5. The van der Waals surface area contributed by atoms with Gasteiger partial charge < -0.3 is 14.4 Å². The highest BCUT2D eigenvalue weighted by atomic mass is 16.5. The minimum Gasteiger partial charge on any atom is -0.493 e. The number of carbonyl (C=O) groups excluding carboxylic acids is 1. The Morgan fingerprint density at radius 2 is 1.78 bits per heavy atom. The Kier molecular flexibility index (Phi) is 4.93. The fraction of sp³-hybridized carbons (Fsp3) is 0.412. The molecule has 1 heterocycles. The molecule has 0 atom stereocenters. The largest absolute Gasteiger partial charge is 0.493 e. The smallest absolute Gasteiger partial charge is 0.274 e. The third-order valence-corrected chi connectivity index (χ3v) is 3.93. The lowest BCUT2D eigenvalue weighted by Crippen LogP contribution is -2.27. The van der Waals surface area contributed by atoms with Gasteiger partial charge in [0.25, 0.3) is 5.91 Å². The van der Waals surface area contributed by atoms with Crippen molar-refractivity contribution >= 4 is 5.91 Å². The van der Waals surface area contributed by atoms with Crippen LogP contribution in [-0.4, -0.2) is 41.9 Å². The van der Waals surface area contributed by atoms with E-state index in [0.29, 0.717) is 23.7 Å². The van der Waals surface area contributed by atoms with E-state index in [1.54, 1.807) is 36.9 Å². The molecule has 0 spiro atoms. The summed E-state index contributed by atoms with van der Waals surface area (Å²) in [7, 11) is 6.80. The SMILES string of the molecule is COc1cc(C)c(CN(C)C(=O)c2cc(C)n(C)n2)cc1OC. The number of hydrogen-bond acceptors (Lipinski definition) is 4. The van der Waals surface area contributed by atoms with Crippen molar-refractivity contribution in [3.05, 3.63) is 40.7 Å². The summed E-state index contributed by atoms with van der Waals surface area (Å²) >= 11 is 0. The maximum atomic E-state index is 12.5. The van der Waals surface area contributed by atoms with Crippen LogP contribution in [-0.2, 0) is 13.6 Å². The Morgan fingerprint density at radius 3 is 2.30 bits per heavy atom. The van der Waals surface area contributed by atoms with Crippen LogP contribution < -0.4 is 9.47 Å². The number of benzene rings is 1. The predicted molar refractivity (Wildman–Crippen MR) is 88.0 cm³/mol. The van der Waals surface area contributed by atoms with E-state index in [4.69, 9.17) is 9.47 Å². The van der Waals surface area contributed by atoms with E-state index in [1.807, 2.05) is 33.0 Å². The van der Waals surface area contributed by atoms with E-state index >= 15 is 0 Å². The summed E-state index contributed by atoms with van der Waals surface area (Å²) in [5.41, 5.74) is 3.44. The first-order chi connectivity index (χ1) is 10.9. The molecule has 0 radical (unpaired) electrons. The Morgan fingerprint density at radius 1 is 1.17 bits per heavy atom. The van der Waals surface area contributed by atoms with Gasteiger partial charge in [-0.1, -0.05) is 0 Å². The molecule has 0 saturated heterocycles. The van der Waals surface area contributed by atoms with Crippen LogP contribution >= 0.6 is 0 Å². The Hall–Kier alpha value is -2.50. The molecule has 124 valence electrons. The number of hydrogen-bond donors (Lipinski definition) is 0. The first kappa shape index (κ1) is 16.9. The second-order valence-corrected chi connectivity index (χ2v) is 5.59. The summed E-state index contributed by atoms with van der Waals surface area (Å²) in [5.74, 6) is 1.23. The number of aromatic nitrogens is 2. The number of aryl methyl sites for hydroxylation is 3. The molecular formula is C17H23N3O3. The number of ether oxygens (including phenoxy) is 2. The van der Waals surface area contributed by atoms with Crippen molar-refractivity contribution in [2.75, 3.05) is 21.3 Å². The van der Waals surface area contributed by atoms with E-state index in [0.717, 1.165) is 16.8 Å². The fourth-order valence-corrected chi connectivity index (χ4v) is 2.38. The van der Waals surface area contributed by atoms with Crippen molar-refractivity contribution in [2.45, 2.75) is 20.4 Å². The summed E-state index contributed by atoms with van der Waals surface area (Å²) in [5, 5.41) is 4.24. The van der Waals surface area contributed by atoms with E-state index in [1.165, 1.54) is 0 Å². The van der Waals surface area contributed by atoms with Gasteiger partial charge in [0, 0.05) is 26.3 Å². The second-order valence-electron chi connectivity index (χ2n) is 5.59. The minimum absolute atomic E-state index is 0.108. The van der Waals surface area contributed by atoms with Crippen molar-refractivity contribution in [1.29, 1.82) is 0 Å². The van der Waals surface area contributed by atoms with Crippen molar-refractivity contribution in [1.82, 2.24) is 14.7 Å². The van der Waals surface area contributed by atoms with Crippen molar-refractivity contribution in [3.63, 3.8) is 0 Å². The highest BCUT2D eigenvalue weighted by molar-refractivity contribution is 5.92. The summed E-state index contributed by atoms with van der Waals surface area (Å²) in [6, 6.07) is 5.61. The summed E-state index contributed by atoms with van der Waals surface area (Å²) < 4.78 is 12.3. The van der Waals surface area contributed by atoms with Gasteiger partial charge in [-0.25, -0.2) is 0 Å². The maximum absolute atomic E-state index is 12.5. The topological polar surface area (TPSA) is 56.6 Å². The molecule has 6 heteroatoms. The third kappa shape index (κ3) is 3.47. The van der Waals surface area contributed by atoms with Gasteiger partial charge in [0.1, 0.15) is 0 Å². The van der Waals surface area contributed by atoms with Crippen LogP contribution in [0.1, 0.15) is 27.3 Å². The molecule has 0 N–H and O–H groups in total. The zero-order chi connectivity index (χ0) is 17.1. The monoisotopic (exact) mass is 317 g/mol. The molecule has 23 heavy (non-hydrogen) atoms. The highest BCUT2D eigenvalue weighted by Crippen LogP contribution is 2.30. The van der Waals surface area contributed by atoms with E-state index in [9.17, 15) is 4.79 Å². The van der Waals surface area contributed by atoms with Gasteiger partial charge in [-0.2, -0.15) is 5.10 Å². The average molecular weight is 317 g/mol. The lowest BCUT2D eigenvalue weighted by Gasteiger charge is -2.19. The van der Waals surface area contributed by atoms with Crippen LogP contribution in [0.5, 0.6) is 11.5 Å². The van der Waals surface area contributed by atoms with Gasteiger partial charge in [0.15, 0.2) is 17.2 Å². The lowest BCUT2D eigenvalue weighted by molar-refractivity contribution is 0.0778. The van der Waals surface area contributed by atoms with Crippen LogP contribution in [0.4, 0.5) is 0 Å². The van der Waals surface area contributed by atoms with Gasteiger partial charge in [0.05, 0.1) is 14.2 Å². The number of nitrogens with zero attached hydrogens (tertiary/aromatic N) is 3. The minimum atomic E-state index is -0.108. The highest BCUT2D eigenvalue weighted by Gasteiger charge is 2.18. The van der Waals surface area contributed by atoms with Crippen LogP contribution in [0, 0.1) is 13.8 Å². The van der Waals surface area contributed by atoms with Crippen molar-refractivity contribution in [2.24, 2.45) is 7.05 Å². The predicted octanol–water partition coefficient (Wildman–Crippen LogP) is 2.33. The van der Waals surface area contributed by atoms with Crippen molar-refractivity contribution in [3.8, 4) is 11.5 Å². The first-order valence-corrected chi connectivity index (χ1v) is 7.35. The zero-order valence-electron chi connectivity index (χ0n) is 14.5. The lowest BCUT2D eigenvalue weighted by atomic mass is 10.1. The average Bonchev–Trinajstić information content (AvgIpc) is 2.87. The first-order valence-electron chi connectivity index (χ1n) is 7.35. The number of amides is 1. The van der Waals surface area contributed by atoms with E-state index in [2.05, 4.69) is 5.10 Å². The van der Waals surface area contributed by atoms with E-state index in [-0.39, 0.29) is 5.91 Å². The summed E-state index contributed by atoms with van der Waals surface area (Å²) in [6.45, 7) is 4.38. The van der Waals surface area contributed by atoms with Crippen molar-refractivity contribution < 1.29 is 14.3 Å². The standard InChI is InChI=1S/C17H23N3O3/c1-11-7-15(22-5)16(23-6)9-13(11)10-19(3)17(21)14-8-12(2)20(4)18-14/h7-9H,10H2,1-6H3. The van der Waals surface area contributed by atoms with E-state index < -0.39 is 0 Å². The molecule has 1 aromatic carbocycles. The molecule has 0 aliphatic heterocycles. The Labute approximate surface area is 136 Å². The molecule has 2 rings (SSSR count). The van der Waals surface area contributed by atoms with Gasteiger partial charge in [-0.15, -0.1) is 0 Å². The summed E-state index contributed by atoms with van der Waals surface area (Å²) in [6.07, 6.45) is 0. The van der Waals surface area contributed by atoms with Crippen LogP contribution in [0.25, 0.3) is 0 Å². The van der Waals surface area contributed by atoms with Crippen LogP contribution in [0.2, 0.25) is 0 Å². The van der Waals surface area contributed by atoms with Gasteiger partial charge in [-0.05, 0) is 43.2 Å².